The van der Waals surface area contributed by atoms with Crippen molar-refractivity contribution in [2.24, 2.45) is 0 Å². The van der Waals surface area contributed by atoms with Gasteiger partial charge in [0.15, 0.2) is 0 Å². The van der Waals surface area contributed by atoms with Gasteiger partial charge in [0.25, 0.3) is 0 Å². The quantitative estimate of drug-likeness (QED) is 0.747. The molecule has 4 nitrogen and oxygen atoms in total. The summed E-state index contributed by atoms with van der Waals surface area (Å²) < 4.78 is 7.53. The van der Waals surface area contributed by atoms with Gasteiger partial charge in [-0.25, -0.2) is 4.79 Å². The molecule has 0 aliphatic heterocycles. The molecule has 0 aromatic carbocycles. The highest BCUT2D eigenvalue weighted by Gasteiger charge is 2.19. The first-order valence-corrected chi connectivity index (χ1v) is 8.29. The first-order chi connectivity index (χ1) is 10.3. The molecule has 2 aromatic rings. The van der Waals surface area contributed by atoms with Crippen LogP contribution in [0.1, 0.15) is 70.1 Å². The molecule has 0 bridgehead atoms. The Morgan fingerprint density at radius 3 is 2.86 bits per heavy atom. The zero-order valence-corrected chi connectivity index (χ0v) is 12.8. The highest BCUT2D eigenvalue weighted by Crippen LogP contribution is 2.29. The van der Waals surface area contributed by atoms with Crippen LogP contribution >= 0.6 is 0 Å². The van der Waals surface area contributed by atoms with Gasteiger partial charge in [-0.2, -0.15) is 4.98 Å². The largest absolute Gasteiger partial charge is 0.443 e. The lowest BCUT2D eigenvalue weighted by Gasteiger charge is -2.11. The lowest BCUT2D eigenvalue weighted by atomic mass is 10.1. The second kappa shape index (κ2) is 6.46. The summed E-state index contributed by atoms with van der Waals surface area (Å²) in [7, 11) is 0. The fourth-order valence-electron chi connectivity index (χ4n) is 3.27. The summed E-state index contributed by atoms with van der Waals surface area (Å²) in [5.74, 6) is 0.956. The Hall–Kier alpha value is -1.58. The van der Waals surface area contributed by atoms with E-state index in [9.17, 15) is 4.79 Å². The monoisotopic (exact) mass is 288 g/mol. The van der Waals surface area contributed by atoms with Crippen LogP contribution in [-0.4, -0.2) is 9.55 Å². The average Bonchev–Trinajstić information content (AvgIpc) is 3.11. The molecule has 1 aliphatic rings. The first kappa shape index (κ1) is 14.4. The van der Waals surface area contributed by atoms with Crippen molar-refractivity contribution in [3.8, 4) is 0 Å². The van der Waals surface area contributed by atoms with Crippen LogP contribution in [0.15, 0.2) is 21.5 Å². The van der Waals surface area contributed by atoms with Crippen LogP contribution in [0.2, 0.25) is 0 Å². The van der Waals surface area contributed by atoms with Crippen molar-refractivity contribution in [2.45, 2.75) is 70.8 Å². The number of hydrogen-bond acceptors (Lipinski definition) is 3. The van der Waals surface area contributed by atoms with Gasteiger partial charge in [0.05, 0.1) is 5.39 Å². The van der Waals surface area contributed by atoms with E-state index in [0.717, 1.165) is 36.8 Å². The molecular formula is C17H24N2O2. The Morgan fingerprint density at radius 2 is 2.10 bits per heavy atom. The first-order valence-electron chi connectivity index (χ1n) is 8.29. The van der Waals surface area contributed by atoms with Gasteiger partial charge >= 0.3 is 5.69 Å². The summed E-state index contributed by atoms with van der Waals surface area (Å²) >= 11 is 0. The summed E-state index contributed by atoms with van der Waals surface area (Å²) in [6, 6.07) is 2.39. The maximum atomic E-state index is 12.1. The van der Waals surface area contributed by atoms with E-state index in [1.54, 1.807) is 0 Å². The molecule has 2 aromatic heterocycles. The van der Waals surface area contributed by atoms with Gasteiger partial charge in [-0.1, -0.05) is 39.0 Å². The van der Waals surface area contributed by atoms with E-state index < -0.39 is 0 Å². The number of fused-ring (bicyclic) bond motifs is 1. The third kappa shape index (κ3) is 3.20. The van der Waals surface area contributed by atoms with Gasteiger partial charge in [0.2, 0.25) is 5.71 Å². The zero-order chi connectivity index (χ0) is 14.7. The van der Waals surface area contributed by atoms with Crippen LogP contribution < -0.4 is 5.69 Å². The number of unbranched alkanes of at least 4 members (excludes halogenated alkanes) is 3. The Balaban J connectivity index is 1.79. The van der Waals surface area contributed by atoms with Crippen LogP contribution in [0.3, 0.4) is 0 Å². The van der Waals surface area contributed by atoms with Crippen molar-refractivity contribution in [1.29, 1.82) is 0 Å². The maximum absolute atomic E-state index is 12.1. The molecule has 1 saturated carbocycles. The molecule has 0 radical (unpaired) electrons. The summed E-state index contributed by atoms with van der Waals surface area (Å²) in [4.78, 5) is 16.2. The minimum atomic E-state index is -0.165. The van der Waals surface area contributed by atoms with Crippen molar-refractivity contribution in [3.63, 3.8) is 0 Å². The van der Waals surface area contributed by atoms with E-state index in [2.05, 4.69) is 18.0 Å². The summed E-state index contributed by atoms with van der Waals surface area (Å²) in [6.07, 6.45) is 12.4. The normalized spacial score (nSPS) is 16.0. The Bertz CT molecular complexity index is 650. The fourth-order valence-corrected chi connectivity index (χ4v) is 3.27. The van der Waals surface area contributed by atoms with Crippen LogP contribution in [-0.2, 0) is 6.42 Å². The molecule has 0 atom stereocenters. The van der Waals surface area contributed by atoms with Crippen molar-refractivity contribution in [1.82, 2.24) is 9.55 Å². The molecule has 4 heteroatoms. The van der Waals surface area contributed by atoms with Crippen molar-refractivity contribution < 1.29 is 4.42 Å². The highest BCUT2D eigenvalue weighted by atomic mass is 16.3. The molecule has 1 fully saturated rings. The second-order valence-electron chi connectivity index (χ2n) is 6.15. The Labute approximate surface area is 125 Å². The Kier molecular flexibility index (Phi) is 4.42. The summed E-state index contributed by atoms with van der Waals surface area (Å²) in [5, 5.41) is 0.965. The van der Waals surface area contributed by atoms with E-state index in [1.165, 1.54) is 32.1 Å². The van der Waals surface area contributed by atoms with Crippen molar-refractivity contribution in [3.05, 3.63) is 28.5 Å². The molecule has 0 N–H and O–H groups in total. The van der Waals surface area contributed by atoms with Gasteiger partial charge in [-0.3, -0.25) is 4.57 Å². The topological polar surface area (TPSA) is 48.0 Å². The smallest absolute Gasteiger partial charge is 0.351 e. The molecule has 0 saturated heterocycles. The third-order valence-corrected chi connectivity index (χ3v) is 4.48. The molecule has 114 valence electrons. The highest BCUT2D eigenvalue weighted by molar-refractivity contribution is 5.72. The summed E-state index contributed by atoms with van der Waals surface area (Å²) in [6.45, 7) is 2.21. The van der Waals surface area contributed by atoms with Crippen LogP contribution in [0, 0.1) is 0 Å². The predicted molar refractivity (Wildman–Crippen MR) is 83.6 cm³/mol. The zero-order valence-electron chi connectivity index (χ0n) is 12.8. The average molecular weight is 288 g/mol. The van der Waals surface area contributed by atoms with Crippen LogP contribution in [0.5, 0.6) is 0 Å². The minimum absolute atomic E-state index is 0.165. The fraction of sp³-hybridized carbons (Fsp3) is 0.647. The van der Waals surface area contributed by atoms with Gasteiger partial charge < -0.3 is 4.42 Å². The van der Waals surface area contributed by atoms with Crippen LogP contribution in [0.25, 0.3) is 11.1 Å². The molecule has 21 heavy (non-hydrogen) atoms. The summed E-state index contributed by atoms with van der Waals surface area (Å²) in [5.41, 5.74) is 0.334. The third-order valence-electron chi connectivity index (χ3n) is 4.48. The lowest BCUT2D eigenvalue weighted by Crippen LogP contribution is -2.24. The van der Waals surface area contributed by atoms with Gasteiger partial charge in [-0.15, -0.1) is 0 Å². The lowest BCUT2D eigenvalue weighted by molar-refractivity contribution is 0.486. The maximum Gasteiger partial charge on any atom is 0.351 e. The molecule has 0 amide bonds. The number of nitrogens with zero attached hydrogens (tertiary/aromatic N) is 2. The van der Waals surface area contributed by atoms with Gasteiger partial charge in [0.1, 0.15) is 5.76 Å². The van der Waals surface area contributed by atoms with E-state index in [0.29, 0.717) is 11.8 Å². The van der Waals surface area contributed by atoms with Crippen molar-refractivity contribution >= 4 is 11.1 Å². The molecule has 3 rings (SSSR count). The molecular weight excluding hydrogens is 264 g/mol. The number of hydrogen-bond donors (Lipinski definition) is 0. The predicted octanol–water partition coefficient (Wildman–Crippen LogP) is 4.23. The standard InChI is InChI=1S/C17H24N2O2/c1-2-3-4-5-10-15-11-13-12-19(14-8-6-7-9-14)17(20)18-16(13)21-15/h11-12,14H,2-10H2,1H3. The van der Waals surface area contributed by atoms with E-state index >= 15 is 0 Å². The van der Waals surface area contributed by atoms with Gasteiger partial charge in [-0.05, 0) is 25.3 Å². The molecule has 0 unspecified atom stereocenters. The second-order valence-corrected chi connectivity index (χ2v) is 6.15. The molecule has 1 aliphatic carbocycles. The van der Waals surface area contributed by atoms with Crippen LogP contribution in [0.4, 0.5) is 0 Å². The van der Waals surface area contributed by atoms with E-state index in [1.807, 2.05) is 10.8 Å². The number of rotatable bonds is 6. The minimum Gasteiger partial charge on any atom is -0.443 e. The van der Waals surface area contributed by atoms with E-state index in [4.69, 9.17) is 4.42 Å². The van der Waals surface area contributed by atoms with Crippen molar-refractivity contribution in [2.75, 3.05) is 0 Å². The van der Waals surface area contributed by atoms with Gasteiger partial charge in [0, 0.05) is 18.7 Å². The molecule has 2 heterocycles. The SMILES string of the molecule is CCCCCCc1cc2cn(C3CCCC3)c(=O)nc2o1. The number of furan rings is 1. The Morgan fingerprint density at radius 1 is 1.29 bits per heavy atom. The molecule has 0 spiro atoms. The number of aromatic nitrogens is 2. The number of aryl methyl sites for hydroxylation is 1. The van der Waals surface area contributed by atoms with E-state index in [-0.39, 0.29) is 5.69 Å².